The average Bonchev–Trinajstić information content (AvgIpc) is 3.23. The number of carbonyl (C=O) groups is 1. The Bertz CT molecular complexity index is 1140. The number of sulfonamides is 1. The zero-order valence-corrected chi connectivity index (χ0v) is 17.0. The third kappa shape index (κ3) is 4.25. The minimum Gasteiger partial charge on any atom is -0.348 e. The molecule has 4 rings (SSSR count). The predicted molar refractivity (Wildman–Crippen MR) is 111 cm³/mol. The molecule has 0 spiro atoms. The molecule has 3 aromatic rings. The summed E-state index contributed by atoms with van der Waals surface area (Å²) in [6.45, 7) is 1.25. The maximum atomic E-state index is 12.8. The maximum absolute atomic E-state index is 12.8. The van der Waals surface area contributed by atoms with Gasteiger partial charge < -0.3 is 4.90 Å². The minimum absolute atomic E-state index is 0.164. The summed E-state index contributed by atoms with van der Waals surface area (Å²) in [5.74, 6) is -0.591. The fourth-order valence-corrected chi connectivity index (χ4v) is 5.58. The normalized spacial score (nSPS) is 15.6. The first-order chi connectivity index (χ1) is 14.0. The van der Waals surface area contributed by atoms with Crippen LogP contribution in [0.25, 0.3) is 10.8 Å². The van der Waals surface area contributed by atoms with Gasteiger partial charge in [-0.05, 0) is 35.7 Å². The van der Waals surface area contributed by atoms with E-state index in [-0.39, 0.29) is 10.9 Å². The molecule has 0 atom stereocenters. The average molecular weight is 433 g/mol. The first kappa shape index (κ1) is 19.8. The summed E-state index contributed by atoms with van der Waals surface area (Å²) in [7, 11) is -3.61. The van der Waals surface area contributed by atoms with Crippen molar-refractivity contribution in [1.82, 2.24) is 15.2 Å². The van der Waals surface area contributed by atoms with Gasteiger partial charge in [-0.2, -0.15) is 0 Å². The number of hydrogen-bond acceptors (Lipinski definition) is 7. The van der Waals surface area contributed by atoms with E-state index in [1.807, 2.05) is 35.2 Å². The van der Waals surface area contributed by atoms with E-state index in [4.69, 9.17) is 5.21 Å². The summed E-state index contributed by atoms with van der Waals surface area (Å²) in [6, 6.07) is 12.6. The Labute approximate surface area is 172 Å². The van der Waals surface area contributed by atoms with E-state index in [9.17, 15) is 13.2 Å². The number of piperidine rings is 1. The molecule has 1 fully saturated rings. The lowest BCUT2D eigenvalue weighted by Gasteiger charge is -2.32. The summed E-state index contributed by atoms with van der Waals surface area (Å²) < 4.78 is 28.4. The van der Waals surface area contributed by atoms with Crippen molar-refractivity contribution in [3.8, 4) is 0 Å². The highest BCUT2D eigenvalue weighted by Crippen LogP contribution is 2.26. The van der Waals surface area contributed by atoms with Crippen LogP contribution in [-0.2, 0) is 10.0 Å². The highest BCUT2D eigenvalue weighted by atomic mass is 32.2. The number of nitrogens with zero attached hydrogens (tertiary/aromatic N) is 2. The van der Waals surface area contributed by atoms with Crippen LogP contribution in [0.3, 0.4) is 0 Å². The van der Waals surface area contributed by atoms with Crippen LogP contribution < -0.4 is 15.1 Å². The third-order valence-electron chi connectivity index (χ3n) is 4.94. The Hall–Kier alpha value is -2.53. The van der Waals surface area contributed by atoms with Crippen molar-refractivity contribution in [3.05, 3.63) is 53.5 Å². The maximum Gasteiger partial charge on any atom is 0.286 e. The van der Waals surface area contributed by atoms with Gasteiger partial charge >= 0.3 is 0 Å². The molecule has 0 bridgehead atoms. The summed E-state index contributed by atoms with van der Waals surface area (Å²) in [6.07, 6.45) is 2.68. The Morgan fingerprint density at radius 1 is 1.14 bits per heavy atom. The molecule has 152 valence electrons. The molecule has 1 aliphatic heterocycles. The second-order valence-electron chi connectivity index (χ2n) is 6.84. The Kier molecular flexibility index (Phi) is 5.50. The zero-order chi connectivity index (χ0) is 20.4. The van der Waals surface area contributed by atoms with E-state index < -0.39 is 15.9 Å². The van der Waals surface area contributed by atoms with E-state index in [1.54, 1.807) is 17.6 Å². The second-order valence-corrected chi connectivity index (χ2v) is 9.56. The Balaban J connectivity index is 1.40. The zero-order valence-electron chi connectivity index (χ0n) is 15.4. The standard InChI is InChI=1S/C19H20N4O4S2/c24-18(21-25)17-12-20-19(28-17)23-9-7-15(8-10-23)22-29(26,27)16-6-5-13-3-1-2-4-14(13)11-16/h1-6,11-12,15,22,25H,7-10H2,(H,21,24). The van der Waals surface area contributed by atoms with Gasteiger partial charge in [0.1, 0.15) is 4.88 Å². The molecule has 0 radical (unpaired) electrons. The van der Waals surface area contributed by atoms with E-state index in [0.29, 0.717) is 35.9 Å². The van der Waals surface area contributed by atoms with Crippen LogP contribution in [0.15, 0.2) is 53.6 Å². The summed E-state index contributed by atoms with van der Waals surface area (Å²) in [5.41, 5.74) is 1.59. The van der Waals surface area contributed by atoms with Crippen molar-refractivity contribution in [1.29, 1.82) is 0 Å². The molecule has 1 aromatic heterocycles. The largest absolute Gasteiger partial charge is 0.348 e. The van der Waals surface area contributed by atoms with Crippen LogP contribution in [-0.4, -0.2) is 43.6 Å². The number of amides is 1. The van der Waals surface area contributed by atoms with Gasteiger partial charge in [0.15, 0.2) is 5.13 Å². The van der Waals surface area contributed by atoms with Gasteiger partial charge in [-0.25, -0.2) is 23.6 Å². The number of aromatic nitrogens is 1. The molecule has 2 aromatic carbocycles. The van der Waals surface area contributed by atoms with Gasteiger partial charge in [-0.3, -0.25) is 10.0 Å². The van der Waals surface area contributed by atoms with E-state index >= 15 is 0 Å². The van der Waals surface area contributed by atoms with Crippen LogP contribution in [0.5, 0.6) is 0 Å². The fraction of sp³-hybridized carbons (Fsp3) is 0.263. The van der Waals surface area contributed by atoms with E-state index in [0.717, 1.165) is 10.8 Å². The molecule has 1 aliphatic rings. The topological polar surface area (TPSA) is 112 Å². The van der Waals surface area contributed by atoms with Gasteiger partial charge in [-0.15, -0.1) is 0 Å². The van der Waals surface area contributed by atoms with Crippen molar-refractivity contribution in [3.63, 3.8) is 0 Å². The van der Waals surface area contributed by atoms with Gasteiger partial charge in [0.2, 0.25) is 10.0 Å². The van der Waals surface area contributed by atoms with Crippen molar-refractivity contribution < 1.29 is 18.4 Å². The highest BCUT2D eigenvalue weighted by molar-refractivity contribution is 7.89. The highest BCUT2D eigenvalue weighted by Gasteiger charge is 2.26. The van der Waals surface area contributed by atoms with Crippen molar-refractivity contribution in [2.45, 2.75) is 23.8 Å². The van der Waals surface area contributed by atoms with Gasteiger partial charge in [0.05, 0.1) is 11.1 Å². The minimum atomic E-state index is -3.61. The molecule has 0 saturated carbocycles. The molecule has 0 aliphatic carbocycles. The first-order valence-corrected chi connectivity index (χ1v) is 11.4. The van der Waals surface area contributed by atoms with Crippen LogP contribution in [0.1, 0.15) is 22.5 Å². The van der Waals surface area contributed by atoms with Crippen LogP contribution in [0.4, 0.5) is 5.13 Å². The van der Waals surface area contributed by atoms with Crippen LogP contribution >= 0.6 is 11.3 Å². The fourth-order valence-electron chi connectivity index (χ4n) is 3.38. The molecular formula is C19H20N4O4S2. The molecule has 3 N–H and O–H groups in total. The molecule has 1 saturated heterocycles. The Morgan fingerprint density at radius 2 is 1.86 bits per heavy atom. The number of anilines is 1. The lowest BCUT2D eigenvalue weighted by atomic mass is 10.1. The smallest absolute Gasteiger partial charge is 0.286 e. The predicted octanol–water partition coefficient (Wildman–Crippen LogP) is 2.36. The number of hydroxylamine groups is 1. The summed E-state index contributed by atoms with van der Waals surface area (Å²) in [4.78, 5) is 18.3. The van der Waals surface area contributed by atoms with E-state index in [2.05, 4.69) is 9.71 Å². The molecule has 29 heavy (non-hydrogen) atoms. The number of nitrogens with one attached hydrogen (secondary N) is 2. The second kappa shape index (κ2) is 8.07. The number of hydrogen-bond donors (Lipinski definition) is 3. The number of benzene rings is 2. The monoisotopic (exact) mass is 432 g/mol. The van der Waals surface area contributed by atoms with Gasteiger partial charge in [-0.1, -0.05) is 41.7 Å². The van der Waals surface area contributed by atoms with Crippen LogP contribution in [0.2, 0.25) is 0 Å². The van der Waals surface area contributed by atoms with Crippen molar-refractivity contribution >= 4 is 43.2 Å². The lowest BCUT2D eigenvalue weighted by Crippen LogP contribution is -2.44. The molecule has 0 unspecified atom stereocenters. The molecule has 8 nitrogen and oxygen atoms in total. The molecule has 2 heterocycles. The van der Waals surface area contributed by atoms with Crippen molar-refractivity contribution in [2.24, 2.45) is 0 Å². The third-order valence-corrected chi connectivity index (χ3v) is 7.51. The van der Waals surface area contributed by atoms with Crippen LogP contribution in [0, 0.1) is 0 Å². The number of carbonyl (C=O) groups excluding carboxylic acids is 1. The lowest BCUT2D eigenvalue weighted by molar-refractivity contribution is 0.0710. The number of fused-ring (bicyclic) bond motifs is 1. The molecular weight excluding hydrogens is 412 g/mol. The summed E-state index contributed by atoms with van der Waals surface area (Å²) >= 11 is 1.19. The van der Waals surface area contributed by atoms with E-state index in [1.165, 1.54) is 17.5 Å². The van der Waals surface area contributed by atoms with Gasteiger partial charge in [0.25, 0.3) is 5.91 Å². The molecule has 10 heteroatoms. The summed E-state index contributed by atoms with van der Waals surface area (Å²) in [5, 5.41) is 11.3. The first-order valence-electron chi connectivity index (χ1n) is 9.12. The SMILES string of the molecule is O=C(NO)c1cnc(N2CCC(NS(=O)(=O)c3ccc4ccccc4c3)CC2)s1. The molecule has 1 amide bonds. The Morgan fingerprint density at radius 3 is 2.59 bits per heavy atom. The quantitative estimate of drug-likeness (QED) is 0.422. The van der Waals surface area contributed by atoms with Crippen molar-refractivity contribution in [2.75, 3.05) is 18.0 Å². The van der Waals surface area contributed by atoms with Gasteiger partial charge in [0, 0.05) is 19.1 Å². The number of thiazole rings is 1. The number of rotatable bonds is 5.